The van der Waals surface area contributed by atoms with Gasteiger partial charge >= 0.3 is 6.18 Å². The van der Waals surface area contributed by atoms with Gasteiger partial charge in [0.05, 0.1) is 5.92 Å². The minimum Gasteiger partial charge on any atom is -0.303 e. The smallest absolute Gasteiger partial charge is 0.303 e. The van der Waals surface area contributed by atoms with Crippen molar-refractivity contribution in [1.82, 2.24) is 0 Å². The molecular weight excluding hydrogens is 169 g/mol. The van der Waals surface area contributed by atoms with Gasteiger partial charge in [0.2, 0.25) is 0 Å². The van der Waals surface area contributed by atoms with Crippen LogP contribution in [0.15, 0.2) is 0 Å². The van der Waals surface area contributed by atoms with Gasteiger partial charge in [0.1, 0.15) is 6.29 Å². The Morgan fingerprint density at radius 1 is 1.17 bits per heavy atom. The number of alkyl halides is 3. The second-order valence-electron chi connectivity index (χ2n) is 3.23. The van der Waals surface area contributed by atoms with Gasteiger partial charge in [0.25, 0.3) is 0 Å². The van der Waals surface area contributed by atoms with Crippen LogP contribution in [0.3, 0.4) is 0 Å². The number of hydrogen-bond donors (Lipinski definition) is 0. The molecule has 0 bridgehead atoms. The fourth-order valence-corrected chi connectivity index (χ4v) is 1.73. The summed E-state index contributed by atoms with van der Waals surface area (Å²) in [5.41, 5.74) is 0. The lowest BCUT2D eigenvalue weighted by molar-refractivity contribution is -0.194. The molecule has 0 spiro atoms. The molecule has 1 saturated carbocycles. The monoisotopic (exact) mass is 180 g/mol. The molecule has 0 aromatic rings. The largest absolute Gasteiger partial charge is 0.392 e. The molecule has 1 aliphatic carbocycles. The van der Waals surface area contributed by atoms with Crippen molar-refractivity contribution >= 4 is 6.29 Å². The van der Waals surface area contributed by atoms with Crippen LogP contribution in [0, 0.1) is 11.8 Å². The highest BCUT2D eigenvalue weighted by Gasteiger charge is 2.45. The predicted molar refractivity (Wildman–Crippen MR) is 37.6 cm³/mol. The van der Waals surface area contributed by atoms with Gasteiger partial charge in [-0.15, -0.1) is 0 Å². The quantitative estimate of drug-likeness (QED) is 0.567. The van der Waals surface area contributed by atoms with E-state index in [2.05, 4.69) is 0 Å². The highest BCUT2D eigenvalue weighted by molar-refractivity contribution is 5.54. The molecule has 12 heavy (non-hydrogen) atoms. The summed E-state index contributed by atoms with van der Waals surface area (Å²) in [5.74, 6) is -2.18. The SMILES string of the molecule is O=CC1CCCCC1C(F)(F)F. The van der Waals surface area contributed by atoms with Crippen molar-refractivity contribution in [2.75, 3.05) is 0 Å². The summed E-state index contributed by atoms with van der Waals surface area (Å²) in [5, 5.41) is 0. The molecule has 2 atom stereocenters. The first kappa shape index (κ1) is 9.55. The summed E-state index contributed by atoms with van der Waals surface area (Å²) in [6, 6.07) is 0. The number of aldehydes is 1. The minimum absolute atomic E-state index is 0.118. The van der Waals surface area contributed by atoms with Gasteiger partial charge in [0.15, 0.2) is 0 Å². The van der Waals surface area contributed by atoms with E-state index in [4.69, 9.17) is 0 Å². The zero-order valence-electron chi connectivity index (χ0n) is 6.60. The molecule has 0 aliphatic heterocycles. The average Bonchev–Trinajstić information content (AvgIpc) is 2.03. The Morgan fingerprint density at radius 2 is 1.75 bits per heavy atom. The second kappa shape index (κ2) is 3.46. The van der Waals surface area contributed by atoms with Crippen molar-refractivity contribution in [2.24, 2.45) is 11.8 Å². The number of carbonyl (C=O) groups excluding carboxylic acids is 1. The van der Waals surface area contributed by atoms with Crippen molar-refractivity contribution in [3.8, 4) is 0 Å². The molecule has 1 aliphatic rings. The molecule has 0 amide bonds. The summed E-state index contributed by atoms with van der Waals surface area (Å²) in [6.07, 6.45) is -1.88. The van der Waals surface area contributed by atoms with Gasteiger partial charge in [-0.1, -0.05) is 12.8 Å². The van der Waals surface area contributed by atoms with E-state index in [-0.39, 0.29) is 6.42 Å². The molecular formula is C8H11F3O. The van der Waals surface area contributed by atoms with E-state index in [1.165, 1.54) is 0 Å². The van der Waals surface area contributed by atoms with E-state index in [0.29, 0.717) is 19.1 Å². The summed E-state index contributed by atoms with van der Waals surface area (Å²) in [6.45, 7) is 0. The number of halogens is 3. The fourth-order valence-electron chi connectivity index (χ4n) is 1.73. The van der Waals surface area contributed by atoms with E-state index in [1.54, 1.807) is 0 Å². The van der Waals surface area contributed by atoms with Crippen molar-refractivity contribution < 1.29 is 18.0 Å². The Morgan fingerprint density at radius 3 is 2.17 bits per heavy atom. The Bertz CT molecular complexity index is 164. The molecule has 0 saturated heterocycles. The first-order valence-electron chi connectivity index (χ1n) is 4.07. The van der Waals surface area contributed by atoms with Crippen LogP contribution in [0.1, 0.15) is 25.7 Å². The second-order valence-corrected chi connectivity index (χ2v) is 3.23. The fraction of sp³-hybridized carbons (Fsp3) is 0.875. The van der Waals surface area contributed by atoms with Crippen molar-refractivity contribution in [3.05, 3.63) is 0 Å². The third kappa shape index (κ3) is 1.99. The zero-order chi connectivity index (χ0) is 9.19. The van der Waals surface area contributed by atoms with Gasteiger partial charge in [-0.25, -0.2) is 0 Å². The van der Waals surface area contributed by atoms with E-state index < -0.39 is 18.0 Å². The number of hydrogen-bond acceptors (Lipinski definition) is 1. The Labute approximate surface area is 68.9 Å². The van der Waals surface area contributed by atoms with E-state index in [1.807, 2.05) is 0 Å². The zero-order valence-corrected chi connectivity index (χ0v) is 6.60. The third-order valence-electron chi connectivity index (χ3n) is 2.41. The van der Waals surface area contributed by atoms with Crippen LogP contribution in [0.4, 0.5) is 13.2 Å². The first-order chi connectivity index (χ1) is 5.55. The molecule has 1 nitrogen and oxygen atoms in total. The molecule has 0 N–H and O–H groups in total. The van der Waals surface area contributed by atoms with Crippen molar-refractivity contribution in [2.45, 2.75) is 31.9 Å². The van der Waals surface area contributed by atoms with Crippen LogP contribution in [-0.2, 0) is 4.79 Å². The highest BCUT2D eigenvalue weighted by Crippen LogP contribution is 2.40. The molecule has 0 aromatic heterocycles. The topological polar surface area (TPSA) is 17.1 Å². The first-order valence-corrected chi connectivity index (χ1v) is 4.07. The molecule has 0 aromatic carbocycles. The number of carbonyl (C=O) groups is 1. The standard InChI is InChI=1S/C8H11F3O/c9-8(10,11)7-4-2-1-3-6(7)5-12/h5-7H,1-4H2. The van der Waals surface area contributed by atoms with Gasteiger partial charge < -0.3 is 4.79 Å². The predicted octanol–water partition coefficient (Wildman–Crippen LogP) is 2.55. The van der Waals surface area contributed by atoms with Crippen LogP contribution in [-0.4, -0.2) is 12.5 Å². The number of rotatable bonds is 1. The molecule has 1 fully saturated rings. The highest BCUT2D eigenvalue weighted by atomic mass is 19.4. The van der Waals surface area contributed by atoms with Crippen LogP contribution in [0.5, 0.6) is 0 Å². The van der Waals surface area contributed by atoms with E-state index in [9.17, 15) is 18.0 Å². The van der Waals surface area contributed by atoms with Crippen molar-refractivity contribution in [3.63, 3.8) is 0 Å². The van der Waals surface area contributed by atoms with E-state index >= 15 is 0 Å². The van der Waals surface area contributed by atoms with E-state index in [0.717, 1.165) is 6.42 Å². The average molecular weight is 180 g/mol. The molecule has 70 valence electrons. The lowest BCUT2D eigenvalue weighted by Crippen LogP contribution is -2.33. The van der Waals surface area contributed by atoms with Crippen LogP contribution in [0.25, 0.3) is 0 Å². The normalized spacial score (nSPS) is 31.6. The summed E-state index contributed by atoms with van der Waals surface area (Å²) >= 11 is 0. The van der Waals surface area contributed by atoms with Crippen LogP contribution >= 0.6 is 0 Å². The summed E-state index contributed by atoms with van der Waals surface area (Å²) < 4.78 is 36.7. The molecule has 2 unspecified atom stereocenters. The Hall–Kier alpha value is -0.540. The lowest BCUT2D eigenvalue weighted by Gasteiger charge is -2.29. The van der Waals surface area contributed by atoms with Crippen molar-refractivity contribution in [1.29, 1.82) is 0 Å². The minimum atomic E-state index is -4.19. The van der Waals surface area contributed by atoms with Crippen LogP contribution in [0.2, 0.25) is 0 Å². The van der Waals surface area contributed by atoms with Gasteiger partial charge in [-0.3, -0.25) is 0 Å². The summed E-state index contributed by atoms with van der Waals surface area (Å²) in [4.78, 5) is 10.3. The lowest BCUT2D eigenvalue weighted by atomic mass is 9.80. The Balaban J connectivity index is 2.65. The van der Waals surface area contributed by atoms with Crippen LogP contribution < -0.4 is 0 Å². The summed E-state index contributed by atoms with van der Waals surface area (Å²) in [7, 11) is 0. The van der Waals surface area contributed by atoms with Gasteiger partial charge in [0, 0.05) is 5.92 Å². The maximum absolute atomic E-state index is 12.2. The molecule has 0 radical (unpaired) electrons. The Kier molecular flexibility index (Phi) is 2.75. The molecule has 0 heterocycles. The maximum Gasteiger partial charge on any atom is 0.392 e. The van der Waals surface area contributed by atoms with Gasteiger partial charge in [-0.2, -0.15) is 13.2 Å². The molecule has 4 heteroatoms. The third-order valence-corrected chi connectivity index (χ3v) is 2.41. The molecule has 1 rings (SSSR count). The maximum atomic E-state index is 12.2. The van der Waals surface area contributed by atoms with Gasteiger partial charge in [-0.05, 0) is 12.8 Å².